The summed E-state index contributed by atoms with van der Waals surface area (Å²) in [7, 11) is 1.64. The lowest BCUT2D eigenvalue weighted by atomic mass is 10.1. The van der Waals surface area contributed by atoms with E-state index in [0.29, 0.717) is 12.5 Å². The van der Waals surface area contributed by atoms with Crippen molar-refractivity contribution in [2.24, 2.45) is 0 Å². The second kappa shape index (κ2) is 7.29. The molecule has 1 aromatic rings. The van der Waals surface area contributed by atoms with Crippen LogP contribution in [0.5, 0.6) is 5.75 Å². The minimum absolute atomic E-state index is 0.0845. The average Bonchev–Trinajstić information content (AvgIpc) is 2.93. The van der Waals surface area contributed by atoms with Crippen LogP contribution in [-0.4, -0.2) is 43.6 Å². The minimum Gasteiger partial charge on any atom is -0.497 e. The summed E-state index contributed by atoms with van der Waals surface area (Å²) in [5, 5.41) is 3.05. The molecular formula is C16H24N2O2. The van der Waals surface area contributed by atoms with Gasteiger partial charge in [0, 0.05) is 12.6 Å². The zero-order valence-corrected chi connectivity index (χ0v) is 12.4. The Kier molecular flexibility index (Phi) is 5.41. The van der Waals surface area contributed by atoms with Crippen LogP contribution < -0.4 is 10.1 Å². The Morgan fingerprint density at radius 3 is 3.10 bits per heavy atom. The van der Waals surface area contributed by atoms with E-state index in [4.69, 9.17) is 4.74 Å². The normalized spacial score (nSPS) is 19.0. The van der Waals surface area contributed by atoms with Gasteiger partial charge in [-0.05, 0) is 43.6 Å². The number of methoxy groups -OCH3 is 1. The highest BCUT2D eigenvalue weighted by molar-refractivity contribution is 5.78. The van der Waals surface area contributed by atoms with Crippen LogP contribution in [0.25, 0.3) is 0 Å². The minimum atomic E-state index is 0.0845. The molecule has 1 aliphatic heterocycles. The number of ether oxygens (including phenoxy) is 1. The maximum absolute atomic E-state index is 12.0. The highest BCUT2D eigenvalue weighted by Gasteiger charge is 2.22. The van der Waals surface area contributed by atoms with Crippen LogP contribution in [0.1, 0.15) is 25.3 Å². The number of benzene rings is 1. The monoisotopic (exact) mass is 276 g/mol. The van der Waals surface area contributed by atoms with Crippen LogP contribution in [0.15, 0.2) is 24.3 Å². The van der Waals surface area contributed by atoms with E-state index in [1.807, 2.05) is 24.3 Å². The number of nitrogens with one attached hydrogen (secondary N) is 1. The second-order valence-electron chi connectivity index (χ2n) is 5.26. The lowest BCUT2D eigenvalue weighted by Gasteiger charge is -2.22. The third-order valence-corrected chi connectivity index (χ3v) is 3.94. The molecule has 0 aromatic heterocycles. The van der Waals surface area contributed by atoms with Crippen LogP contribution in [-0.2, 0) is 11.2 Å². The predicted octanol–water partition coefficient (Wildman–Crippen LogP) is 1.84. The van der Waals surface area contributed by atoms with Crippen LogP contribution in [0.2, 0.25) is 0 Å². The van der Waals surface area contributed by atoms with E-state index in [-0.39, 0.29) is 5.91 Å². The van der Waals surface area contributed by atoms with Gasteiger partial charge in [-0.3, -0.25) is 9.69 Å². The SMILES string of the molecule is CCN1CCCC1CNC(=O)Cc1cccc(OC)c1. The summed E-state index contributed by atoms with van der Waals surface area (Å²) in [5.41, 5.74) is 0.987. The number of hydrogen-bond acceptors (Lipinski definition) is 3. The van der Waals surface area contributed by atoms with E-state index in [9.17, 15) is 4.79 Å². The molecule has 1 aliphatic rings. The third kappa shape index (κ3) is 3.97. The van der Waals surface area contributed by atoms with Gasteiger partial charge in [0.1, 0.15) is 5.75 Å². The maximum atomic E-state index is 12.0. The number of likely N-dealkylation sites (N-methyl/N-ethyl adjacent to an activating group) is 1. The van der Waals surface area contributed by atoms with Crippen molar-refractivity contribution in [2.75, 3.05) is 26.7 Å². The lowest BCUT2D eigenvalue weighted by Crippen LogP contribution is -2.40. The highest BCUT2D eigenvalue weighted by Crippen LogP contribution is 2.16. The van der Waals surface area contributed by atoms with Crippen molar-refractivity contribution in [3.8, 4) is 5.75 Å². The number of likely N-dealkylation sites (tertiary alicyclic amines) is 1. The third-order valence-electron chi connectivity index (χ3n) is 3.94. The van der Waals surface area contributed by atoms with Crippen LogP contribution >= 0.6 is 0 Å². The highest BCUT2D eigenvalue weighted by atomic mass is 16.5. The Morgan fingerprint density at radius 1 is 1.50 bits per heavy atom. The second-order valence-corrected chi connectivity index (χ2v) is 5.26. The van der Waals surface area contributed by atoms with E-state index in [2.05, 4.69) is 17.1 Å². The molecule has 4 heteroatoms. The summed E-state index contributed by atoms with van der Waals surface area (Å²) in [5.74, 6) is 0.879. The van der Waals surface area contributed by atoms with Gasteiger partial charge in [-0.25, -0.2) is 0 Å². The van der Waals surface area contributed by atoms with E-state index in [1.54, 1.807) is 7.11 Å². The van der Waals surface area contributed by atoms with Gasteiger partial charge in [-0.2, -0.15) is 0 Å². The molecule has 0 bridgehead atoms. The van der Waals surface area contributed by atoms with Gasteiger partial charge < -0.3 is 10.1 Å². The van der Waals surface area contributed by atoms with Gasteiger partial charge in [-0.1, -0.05) is 19.1 Å². The number of carbonyl (C=O) groups excluding carboxylic acids is 1. The number of rotatable bonds is 6. The molecule has 1 amide bonds. The van der Waals surface area contributed by atoms with E-state index < -0.39 is 0 Å². The largest absolute Gasteiger partial charge is 0.497 e. The van der Waals surface area contributed by atoms with Gasteiger partial charge in [-0.15, -0.1) is 0 Å². The van der Waals surface area contributed by atoms with E-state index >= 15 is 0 Å². The molecule has 1 fully saturated rings. The zero-order valence-electron chi connectivity index (χ0n) is 12.4. The Morgan fingerprint density at radius 2 is 2.35 bits per heavy atom. The van der Waals surface area contributed by atoms with Gasteiger partial charge in [0.05, 0.1) is 13.5 Å². The molecule has 1 N–H and O–H groups in total. The summed E-state index contributed by atoms with van der Waals surface area (Å²) in [6, 6.07) is 8.18. The quantitative estimate of drug-likeness (QED) is 0.862. The first-order valence-electron chi connectivity index (χ1n) is 7.36. The van der Waals surface area contributed by atoms with Crippen molar-refractivity contribution in [3.05, 3.63) is 29.8 Å². The zero-order chi connectivity index (χ0) is 14.4. The van der Waals surface area contributed by atoms with Crippen molar-refractivity contribution < 1.29 is 9.53 Å². The van der Waals surface area contributed by atoms with Crippen LogP contribution in [0.3, 0.4) is 0 Å². The molecular weight excluding hydrogens is 252 g/mol. The van der Waals surface area contributed by atoms with Crippen LogP contribution in [0, 0.1) is 0 Å². The Labute approximate surface area is 121 Å². The van der Waals surface area contributed by atoms with Crippen molar-refractivity contribution >= 4 is 5.91 Å². The molecule has 0 saturated carbocycles. The molecule has 1 unspecified atom stereocenters. The molecule has 1 aromatic carbocycles. The molecule has 4 nitrogen and oxygen atoms in total. The fourth-order valence-electron chi connectivity index (χ4n) is 2.80. The first-order chi connectivity index (χ1) is 9.72. The van der Waals surface area contributed by atoms with Crippen molar-refractivity contribution in [2.45, 2.75) is 32.2 Å². The summed E-state index contributed by atoms with van der Waals surface area (Å²) in [6.07, 6.45) is 2.84. The maximum Gasteiger partial charge on any atom is 0.224 e. The molecule has 1 saturated heterocycles. The smallest absolute Gasteiger partial charge is 0.224 e. The number of nitrogens with zero attached hydrogens (tertiary/aromatic N) is 1. The summed E-state index contributed by atoms with van der Waals surface area (Å²) in [6.45, 7) is 5.16. The molecule has 0 spiro atoms. The Hall–Kier alpha value is -1.55. The first kappa shape index (κ1) is 14.9. The molecule has 20 heavy (non-hydrogen) atoms. The topological polar surface area (TPSA) is 41.6 Å². The summed E-state index contributed by atoms with van der Waals surface area (Å²) < 4.78 is 5.17. The standard InChI is InChI=1S/C16H24N2O2/c1-3-18-9-5-7-14(18)12-17-16(19)11-13-6-4-8-15(10-13)20-2/h4,6,8,10,14H,3,5,7,9,11-12H2,1-2H3,(H,17,19). The molecule has 0 radical (unpaired) electrons. The fraction of sp³-hybridized carbons (Fsp3) is 0.562. The lowest BCUT2D eigenvalue weighted by molar-refractivity contribution is -0.120. The molecule has 110 valence electrons. The average molecular weight is 276 g/mol. The van der Waals surface area contributed by atoms with Gasteiger partial charge in [0.2, 0.25) is 5.91 Å². The first-order valence-corrected chi connectivity index (χ1v) is 7.36. The molecule has 2 rings (SSSR count). The van der Waals surface area contributed by atoms with E-state index in [1.165, 1.54) is 12.8 Å². The summed E-state index contributed by atoms with van der Waals surface area (Å²) >= 11 is 0. The van der Waals surface area contributed by atoms with Gasteiger partial charge in [0.15, 0.2) is 0 Å². The number of amides is 1. The van der Waals surface area contributed by atoms with Gasteiger partial charge in [0.25, 0.3) is 0 Å². The van der Waals surface area contributed by atoms with E-state index in [0.717, 1.165) is 30.9 Å². The van der Waals surface area contributed by atoms with Gasteiger partial charge >= 0.3 is 0 Å². The van der Waals surface area contributed by atoms with Crippen molar-refractivity contribution in [3.63, 3.8) is 0 Å². The Balaban J connectivity index is 1.80. The Bertz CT molecular complexity index is 448. The predicted molar refractivity (Wildman–Crippen MR) is 80.0 cm³/mol. The molecule has 1 heterocycles. The fourth-order valence-corrected chi connectivity index (χ4v) is 2.80. The number of carbonyl (C=O) groups is 1. The van der Waals surface area contributed by atoms with Crippen molar-refractivity contribution in [1.82, 2.24) is 10.2 Å². The van der Waals surface area contributed by atoms with Crippen molar-refractivity contribution in [1.29, 1.82) is 0 Å². The van der Waals surface area contributed by atoms with Crippen LogP contribution in [0.4, 0.5) is 0 Å². The molecule has 1 atom stereocenters. The summed E-state index contributed by atoms with van der Waals surface area (Å²) in [4.78, 5) is 14.4. The molecule has 0 aliphatic carbocycles. The number of hydrogen-bond donors (Lipinski definition) is 1.